The van der Waals surface area contributed by atoms with Crippen molar-refractivity contribution in [1.29, 1.82) is 0 Å². The van der Waals surface area contributed by atoms with Crippen LogP contribution in [-0.4, -0.2) is 34.1 Å². The van der Waals surface area contributed by atoms with E-state index < -0.39 is 31.1 Å². The largest absolute Gasteiger partial charge is 0.454 e. The molecule has 0 unspecified atom stereocenters. The van der Waals surface area contributed by atoms with Gasteiger partial charge in [-0.2, -0.15) is 13.2 Å². The van der Waals surface area contributed by atoms with E-state index in [-0.39, 0.29) is 16.8 Å². The number of alkyl halides is 3. The lowest BCUT2D eigenvalue weighted by Gasteiger charge is -2.12. The summed E-state index contributed by atoms with van der Waals surface area (Å²) in [5.74, 6) is -1.25. The Kier molecular flexibility index (Phi) is 5.46. The van der Waals surface area contributed by atoms with Crippen molar-refractivity contribution in [3.05, 3.63) is 64.6 Å². The normalized spacial score (nSPS) is 11.7. The molecule has 3 rings (SSSR count). The highest BCUT2D eigenvalue weighted by molar-refractivity contribution is 6.05. The Morgan fingerprint density at radius 3 is 2.45 bits per heavy atom. The van der Waals surface area contributed by atoms with Crippen molar-refractivity contribution in [1.82, 2.24) is 9.55 Å². The van der Waals surface area contributed by atoms with Gasteiger partial charge in [0, 0.05) is 28.0 Å². The van der Waals surface area contributed by atoms with E-state index in [2.05, 4.69) is 4.98 Å². The number of rotatable bonds is 5. The van der Waals surface area contributed by atoms with Crippen LogP contribution in [0.2, 0.25) is 0 Å². The molecule has 0 aliphatic heterocycles. The number of nitrogens with zero attached hydrogens (tertiary/aromatic N) is 2. The third-order valence-corrected chi connectivity index (χ3v) is 4.61. The lowest BCUT2D eigenvalue weighted by atomic mass is 10.1. The van der Waals surface area contributed by atoms with Crippen molar-refractivity contribution >= 4 is 22.7 Å². The summed E-state index contributed by atoms with van der Waals surface area (Å²) in [5, 5.41) is 0.596. The van der Waals surface area contributed by atoms with E-state index in [9.17, 15) is 22.8 Å². The number of Topliss-reactive ketones (excluding diaryl/α,β-unsaturated/α-hetero) is 1. The van der Waals surface area contributed by atoms with Crippen LogP contribution in [0.3, 0.4) is 0 Å². The fraction of sp³-hybridized carbons (Fsp3) is 0.286. The van der Waals surface area contributed by atoms with Crippen LogP contribution in [0, 0.1) is 20.8 Å². The summed E-state index contributed by atoms with van der Waals surface area (Å²) in [4.78, 5) is 29.4. The highest BCUT2D eigenvalue weighted by Gasteiger charge is 2.30. The maximum Gasteiger partial charge on any atom is 0.406 e. The van der Waals surface area contributed by atoms with E-state index in [0.29, 0.717) is 22.3 Å². The topological polar surface area (TPSA) is 61.2 Å². The Bertz CT molecular complexity index is 1100. The highest BCUT2D eigenvalue weighted by atomic mass is 19.4. The van der Waals surface area contributed by atoms with E-state index in [4.69, 9.17) is 4.74 Å². The van der Waals surface area contributed by atoms with E-state index in [1.807, 2.05) is 0 Å². The third kappa shape index (κ3) is 4.47. The van der Waals surface area contributed by atoms with Crippen molar-refractivity contribution < 1.29 is 27.5 Å². The number of ether oxygens (including phenoxy) is 1. The first-order chi connectivity index (χ1) is 13.6. The summed E-state index contributed by atoms with van der Waals surface area (Å²) in [6, 6.07) is 10.00. The number of aromatic nitrogens is 2. The minimum Gasteiger partial charge on any atom is -0.454 e. The number of para-hydroxylation sites is 1. The molecular formula is C21H19F3N2O3. The van der Waals surface area contributed by atoms with Gasteiger partial charge in [0.1, 0.15) is 6.54 Å². The van der Waals surface area contributed by atoms with Gasteiger partial charge < -0.3 is 9.30 Å². The van der Waals surface area contributed by atoms with Crippen molar-refractivity contribution in [2.45, 2.75) is 33.5 Å². The lowest BCUT2D eigenvalue weighted by molar-refractivity contribution is -0.141. The number of carbonyl (C=O) groups is 2. The molecule has 152 valence electrons. The van der Waals surface area contributed by atoms with Gasteiger partial charge in [0.2, 0.25) is 5.78 Å². The summed E-state index contributed by atoms with van der Waals surface area (Å²) in [5.41, 5.74) is 2.13. The molecule has 8 heteroatoms. The Morgan fingerprint density at radius 1 is 1.07 bits per heavy atom. The molecule has 29 heavy (non-hydrogen) atoms. The monoisotopic (exact) mass is 404 g/mol. The summed E-state index contributed by atoms with van der Waals surface area (Å²) in [6.45, 7) is 2.93. The van der Waals surface area contributed by atoms with Crippen molar-refractivity contribution in [3.63, 3.8) is 0 Å². The predicted molar refractivity (Wildman–Crippen MR) is 101 cm³/mol. The standard InChI is InChI=1S/C21H19F3N2O3/c1-12-8-17(15-6-4-5-7-18(15)25-12)20(28)29-10-19(27)16-9-13(2)26(14(16)3)11-21(22,23)24/h4-9H,10-11H2,1-3H3. The molecule has 2 aromatic heterocycles. The molecule has 0 saturated carbocycles. The molecule has 0 fully saturated rings. The number of hydrogen-bond acceptors (Lipinski definition) is 4. The predicted octanol–water partition coefficient (Wildman–Crippen LogP) is 4.56. The fourth-order valence-electron chi connectivity index (χ4n) is 3.27. The van der Waals surface area contributed by atoms with Gasteiger partial charge in [0.05, 0.1) is 11.1 Å². The zero-order valence-corrected chi connectivity index (χ0v) is 16.1. The number of fused-ring (bicyclic) bond motifs is 1. The number of pyridine rings is 1. The van der Waals surface area contributed by atoms with E-state index in [0.717, 1.165) is 4.57 Å². The fourth-order valence-corrected chi connectivity index (χ4v) is 3.27. The molecule has 0 bridgehead atoms. The van der Waals surface area contributed by atoms with Crippen LogP contribution in [0.1, 0.15) is 37.8 Å². The van der Waals surface area contributed by atoms with Crippen LogP contribution in [0.25, 0.3) is 10.9 Å². The summed E-state index contributed by atoms with van der Waals surface area (Å²) < 4.78 is 44.4. The van der Waals surface area contributed by atoms with Crippen LogP contribution < -0.4 is 0 Å². The second kappa shape index (κ2) is 7.69. The number of hydrogen-bond donors (Lipinski definition) is 0. The highest BCUT2D eigenvalue weighted by Crippen LogP contribution is 2.24. The third-order valence-electron chi connectivity index (χ3n) is 4.61. The number of benzene rings is 1. The molecule has 0 aliphatic rings. The minimum atomic E-state index is -4.40. The molecule has 0 aliphatic carbocycles. The first-order valence-corrected chi connectivity index (χ1v) is 8.87. The average molecular weight is 404 g/mol. The number of carbonyl (C=O) groups excluding carboxylic acids is 2. The van der Waals surface area contributed by atoms with Gasteiger partial charge in [0.15, 0.2) is 6.61 Å². The minimum absolute atomic E-state index is 0.107. The molecule has 3 aromatic rings. The van der Waals surface area contributed by atoms with E-state index in [1.54, 1.807) is 37.3 Å². The molecule has 1 aromatic carbocycles. The van der Waals surface area contributed by atoms with Crippen LogP contribution in [-0.2, 0) is 11.3 Å². The number of halogens is 3. The Morgan fingerprint density at radius 2 is 1.76 bits per heavy atom. The van der Waals surface area contributed by atoms with Crippen molar-refractivity contribution in [3.8, 4) is 0 Å². The SMILES string of the molecule is Cc1cc(C(=O)OCC(=O)c2cc(C)n(CC(F)(F)F)c2C)c2ccccc2n1. The zero-order chi connectivity index (χ0) is 21.3. The summed E-state index contributed by atoms with van der Waals surface area (Å²) in [6.07, 6.45) is -4.40. The van der Waals surface area contributed by atoms with Crippen LogP contribution in [0.5, 0.6) is 0 Å². The smallest absolute Gasteiger partial charge is 0.406 e. The van der Waals surface area contributed by atoms with Gasteiger partial charge >= 0.3 is 12.1 Å². The Hall–Kier alpha value is -3.16. The second-order valence-corrected chi connectivity index (χ2v) is 6.81. The summed E-state index contributed by atoms with van der Waals surface area (Å²) in [7, 11) is 0. The van der Waals surface area contributed by atoms with Gasteiger partial charge in [-0.3, -0.25) is 9.78 Å². The number of aryl methyl sites for hydroxylation is 2. The summed E-state index contributed by atoms with van der Waals surface area (Å²) >= 11 is 0. The van der Waals surface area contributed by atoms with Crippen LogP contribution >= 0.6 is 0 Å². The molecule has 0 amide bonds. The Labute approximate surface area is 165 Å². The van der Waals surface area contributed by atoms with E-state index in [1.165, 1.54) is 19.9 Å². The molecule has 2 heterocycles. The number of ketones is 1. The maximum atomic E-state index is 12.7. The molecule has 0 saturated heterocycles. The zero-order valence-electron chi connectivity index (χ0n) is 16.1. The molecule has 0 spiro atoms. The van der Waals surface area contributed by atoms with Crippen molar-refractivity contribution in [2.75, 3.05) is 6.61 Å². The quantitative estimate of drug-likeness (QED) is 0.462. The first kappa shape index (κ1) is 20.6. The maximum absolute atomic E-state index is 12.7. The van der Waals surface area contributed by atoms with Gasteiger partial charge in [-0.1, -0.05) is 18.2 Å². The molecule has 0 radical (unpaired) electrons. The van der Waals surface area contributed by atoms with Gasteiger partial charge in [-0.15, -0.1) is 0 Å². The first-order valence-electron chi connectivity index (χ1n) is 8.87. The average Bonchev–Trinajstić information content (AvgIpc) is 2.92. The molecule has 5 nitrogen and oxygen atoms in total. The molecular weight excluding hydrogens is 385 g/mol. The second-order valence-electron chi connectivity index (χ2n) is 6.81. The van der Waals surface area contributed by atoms with Gasteiger partial charge in [-0.25, -0.2) is 4.79 Å². The van der Waals surface area contributed by atoms with Gasteiger partial charge in [0.25, 0.3) is 0 Å². The van der Waals surface area contributed by atoms with Crippen LogP contribution in [0.15, 0.2) is 36.4 Å². The Balaban J connectivity index is 1.78. The molecule has 0 N–H and O–H groups in total. The van der Waals surface area contributed by atoms with Crippen molar-refractivity contribution in [2.24, 2.45) is 0 Å². The van der Waals surface area contributed by atoms with E-state index >= 15 is 0 Å². The number of esters is 1. The molecule has 0 atom stereocenters. The van der Waals surface area contributed by atoms with Gasteiger partial charge in [-0.05, 0) is 39.0 Å². The van der Waals surface area contributed by atoms with Crippen LogP contribution in [0.4, 0.5) is 13.2 Å². The lowest BCUT2D eigenvalue weighted by Crippen LogP contribution is -2.20.